The van der Waals surface area contributed by atoms with E-state index in [1.807, 2.05) is 41.1 Å². The first-order valence-electron chi connectivity index (χ1n) is 6.57. The second-order valence-electron chi connectivity index (χ2n) is 4.79. The van der Waals surface area contributed by atoms with Crippen LogP contribution in [0.15, 0.2) is 53.5 Å². The number of hydrogen-bond acceptors (Lipinski definition) is 4. The van der Waals surface area contributed by atoms with Gasteiger partial charge < -0.3 is 5.32 Å². The van der Waals surface area contributed by atoms with Crippen molar-refractivity contribution in [1.29, 1.82) is 0 Å². The van der Waals surface area contributed by atoms with Gasteiger partial charge in [-0.1, -0.05) is 35.5 Å². The third-order valence-electron chi connectivity index (χ3n) is 3.56. The van der Waals surface area contributed by atoms with Gasteiger partial charge in [-0.2, -0.15) is 0 Å². The van der Waals surface area contributed by atoms with E-state index in [1.54, 1.807) is 6.34 Å². The molecular formula is C15H13N5. The summed E-state index contributed by atoms with van der Waals surface area (Å²) in [4.78, 5) is 4.53. The largest absolute Gasteiger partial charge is 0.346 e. The van der Waals surface area contributed by atoms with E-state index in [-0.39, 0.29) is 6.04 Å². The fourth-order valence-electron chi connectivity index (χ4n) is 2.56. The molecule has 0 aliphatic carbocycles. The number of anilines is 1. The van der Waals surface area contributed by atoms with Crippen LogP contribution in [0.25, 0.3) is 11.0 Å². The Bertz CT molecular complexity index is 790. The SMILES string of the molecule is C1=NC(Cn2nnc3ccccc32)c2ccccc2N1. The Hall–Kier alpha value is -2.69. The summed E-state index contributed by atoms with van der Waals surface area (Å²) in [5, 5.41) is 11.6. The van der Waals surface area contributed by atoms with Gasteiger partial charge in [0, 0.05) is 11.3 Å². The van der Waals surface area contributed by atoms with Crippen molar-refractivity contribution in [2.75, 3.05) is 5.32 Å². The van der Waals surface area contributed by atoms with E-state index in [2.05, 4.69) is 32.8 Å². The molecule has 2 heterocycles. The normalized spacial score (nSPS) is 16.9. The number of hydrogen-bond donors (Lipinski definition) is 1. The van der Waals surface area contributed by atoms with E-state index < -0.39 is 0 Å². The lowest BCUT2D eigenvalue weighted by Gasteiger charge is -2.20. The second-order valence-corrected chi connectivity index (χ2v) is 4.79. The van der Waals surface area contributed by atoms with Crippen LogP contribution in [-0.2, 0) is 6.54 Å². The Labute approximate surface area is 115 Å². The van der Waals surface area contributed by atoms with Crippen molar-refractivity contribution in [1.82, 2.24) is 15.0 Å². The van der Waals surface area contributed by atoms with Gasteiger partial charge in [-0.15, -0.1) is 5.10 Å². The fraction of sp³-hybridized carbons (Fsp3) is 0.133. The van der Waals surface area contributed by atoms with Crippen LogP contribution in [0.2, 0.25) is 0 Å². The van der Waals surface area contributed by atoms with Crippen molar-refractivity contribution in [3.8, 4) is 0 Å². The van der Waals surface area contributed by atoms with Gasteiger partial charge in [0.1, 0.15) is 5.52 Å². The molecular weight excluding hydrogens is 250 g/mol. The summed E-state index contributed by atoms with van der Waals surface area (Å²) in [6.07, 6.45) is 1.76. The lowest BCUT2D eigenvalue weighted by molar-refractivity contribution is 0.528. The van der Waals surface area contributed by atoms with Gasteiger partial charge in [0.2, 0.25) is 0 Å². The summed E-state index contributed by atoms with van der Waals surface area (Å²) in [6.45, 7) is 0.690. The summed E-state index contributed by atoms with van der Waals surface area (Å²) in [5.74, 6) is 0. The maximum atomic E-state index is 4.53. The van der Waals surface area contributed by atoms with Crippen molar-refractivity contribution >= 4 is 23.1 Å². The smallest absolute Gasteiger partial charge is 0.113 e. The Kier molecular flexibility index (Phi) is 2.48. The van der Waals surface area contributed by atoms with Crippen LogP contribution in [0.4, 0.5) is 5.69 Å². The molecule has 1 aliphatic heterocycles. The number of aliphatic imine (C=N–C) groups is 1. The third kappa shape index (κ3) is 1.75. The minimum Gasteiger partial charge on any atom is -0.346 e. The summed E-state index contributed by atoms with van der Waals surface area (Å²) < 4.78 is 1.92. The van der Waals surface area contributed by atoms with Crippen molar-refractivity contribution in [3.63, 3.8) is 0 Å². The molecule has 1 atom stereocenters. The topological polar surface area (TPSA) is 55.1 Å². The van der Waals surface area contributed by atoms with Crippen molar-refractivity contribution in [2.24, 2.45) is 4.99 Å². The summed E-state index contributed by atoms with van der Waals surface area (Å²) >= 11 is 0. The highest BCUT2D eigenvalue weighted by Gasteiger charge is 2.18. The Morgan fingerprint density at radius 2 is 1.90 bits per heavy atom. The van der Waals surface area contributed by atoms with Gasteiger partial charge in [0.25, 0.3) is 0 Å². The minimum absolute atomic E-state index is 0.0672. The van der Waals surface area contributed by atoms with E-state index in [0.29, 0.717) is 6.54 Å². The van der Waals surface area contributed by atoms with E-state index in [1.165, 1.54) is 5.56 Å². The maximum Gasteiger partial charge on any atom is 0.113 e. The van der Waals surface area contributed by atoms with E-state index in [4.69, 9.17) is 0 Å². The summed E-state index contributed by atoms with van der Waals surface area (Å²) in [6, 6.07) is 16.3. The summed E-state index contributed by atoms with van der Waals surface area (Å²) in [7, 11) is 0. The number of para-hydroxylation sites is 2. The standard InChI is InChI=1S/C15H13N5/c1-2-6-12-11(5-1)14(17-10-16-12)9-20-15-8-4-3-7-13(15)18-19-20/h1-8,10,14H,9H2,(H,16,17). The number of nitrogens with zero attached hydrogens (tertiary/aromatic N) is 4. The molecule has 1 aliphatic rings. The molecule has 3 aromatic rings. The molecule has 98 valence electrons. The van der Waals surface area contributed by atoms with Gasteiger partial charge in [-0.05, 0) is 18.2 Å². The monoisotopic (exact) mass is 263 g/mol. The van der Waals surface area contributed by atoms with Crippen molar-refractivity contribution in [3.05, 3.63) is 54.1 Å². The molecule has 0 saturated heterocycles. The quantitative estimate of drug-likeness (QED) is 0.773. The molecule has 0 saturated carbocycles. The molecule has 0 spiro atoms. The molecule has 4 rings (SSSR count). The molecule has 0 fully saturated rings. The molecule has 0 bridgehead atoms. The van der Waals surface area contributed by atoms with Gasteiger partial charge in [0.05, 0.1) is 24.4 Å². The van der Waals surface area contributed by atoms with Crippen LogP contribution < -0.4 is 5.32 Å². The zero-order valence-corrected chi connectivity index (χ0v) is 10.8. The highest BCUT2D eigenvalue weighted by Crippen LogP contribution is 2.29. The maximum absolute atomic E-state index is 4.53. The second kappa shape index (κ2) is 4.45. The van der Waals surface area contributed by atoms with Gasteiger partial charge in [-0.3, -0.25) is 4.99 Å². The Morgan fingerprint density at radius 3 is 2.90 bits per heavy atom. The highest BCUT2D eigenvalue weighted by atomic mass is 15.4. The number of benzene rings is 2. The van der Waals surface area contributed by atoms with Crippen LogP contribution in [0.5, 0.6) is 0 Å². The molecule has 20 heavy (non-hydrogen) atoms. The predicted octanol–water partition coefficient (Wildman–Crippen LogP) is 2.63. The van der Waals surface area contributed by atoms with Crippen LogP contribution in [-0.4, -0.2) is 21.3 Å². The van der Waals surface area contributed by atoms with Gasteiger partial charge >= 0.3 is 0 Å². The average molecular weight is 263 g/mol. The zero-order valence-electron chi connectivity index (χ0n) is 10.8. The van der Waals surface area contributed by atoms with Gasteiger partial charge in [0.15, 0.2) is 0 Å². The lowest BCUT2D eigenvalue weighted by Crippen LogP contribution is -2.15. The molecule has 0 radical (unpaired) electrons. The lowest BCUT2D eigenvalue weighted by atomic mass is 10.0. The number of nitrogens with one attached hydrogen (secondary N) is 1. The van der Waals surface area contributed by atoms with Crippen LogP contribution in [0.3, 0.4) is 0 Å². The average Bonchev–Trinajstić information content (AvgIpc) is 2.91. The van der Waals surface area contributed by atoms with Crippen LogP contribution >= 0.6 is 0 Å². The number of fused-ring (bicyclic) bond motifs is 2. The predicted molar refractivity (Wildman–Crippen MR) is 78.8 cm³/mol. The Morgan fingerprint density at radius 1 is 1.05 bits per heavy atom. The summed E-state index contributed by atoms with van der Waals surface area (Å²) in [5.41, 5.74) is 4.25. The first-order valence-corrected chi connectivity index (χ1v) is 6.57. The highest BCUT2D eigenvalue weighted by molar-refractivity contribution is 5.80. The van der Waals surface area contributed by atoms with Crippen molar-refractivity contribution in [2.45, 2.75) is 12.6 Å². The van der Waals surface area contributed by atoms with Crippen LogP contribution in [0.1, 0.15) is 11.6 Å². The fourth-order valence-corrected chi connectivity index (χ4v) is 2.56. The first-order chi connectivity index (χ1) is 9.92. The van der Waals surface area contributed by atoms with E-state index in [9.17, 15) is 0 Å². The first kappa shape index (κ1) is 11.2. The van der Waals surface area contributed by atoms with Gasteiger partial charge in [-0.25, -0.2) is 4.68 Å². The van der Waals surface area contributed by atoms with E-state index in [0.717, 1.165) is 16.7 Å². The number of rotatable bonds is 2. The molecule has 2 aromatic carbocycles. The van der Waals surface area contributed by atoms with Crippen molar-refractivity contribution < 1.29 is 0 Å². The minimum atomic E-state index is 0.0672. The Balaban J connectivity index is 1.72. The molecule has 0 amide bonds. The molecule has 5 nitrogen and oxygen atoms in total. The molecule has 5 heteroatoms. The van der Waals surface area contributed by atoms with E-state index >= 15 is 0 Å². The number of aromatic nitrogens is 3. The molecule has 1 aromatic heterocycles. The molecule has 1 N–H and O–H groups in total. The van der Waals surface area contributed by atoms with Crippen LogP contribution in [0, 0.1) is 0 Å². The zero-order chi connectivity index (χ0) is 13.4. The molecule has 1 unspecified atom stereocenters. The third-order valence-corrected chi connectivity index (χ3v) is 3.56.